The molecule has 0 atom stereocenters. The first-order chi connectivity index (χ1) is 14.2. The summed E-state index contributed by atoms with van der Waals surface area (Å²) in [6.45, 7) is 7.76. The first kappa shape index (κ1) is 22.4. The maximum absolute atomic E-state index is 13.0. The van der Waals surface area contributed by atoms with Gasteiger partial charge in [-0.05, 0) is 33.3 Å². The van der Waals surface area contributed by atoms with Gasteiger partial charge in [0.05, 0.1) is 30.4 Å². The standard InChI is InChI=1S/C19H22N4O4S3/c1-9(2)23-17(26)15-10(3)11(4)30-16(15)22-19(23)29-8-13(24)21-18-20-12(7-28-18)6-14(25)27-5/h7,9H,6,8H2,1-5H3,(H,20,21,24). The zero-order valence-electron chi connectivity index (χ0n) is 17.3. The summed E-state index contributed by atoms with van der Waals surface area (Å²) in [6, 6.07) is -0.0839. The Kier molecular flexibility index (Phi) is 6.94. The van der Waals surface area contributed by atoms with Crippen molar-refractivity contribution in [2.24, 2.45) is 0 Å². The van der Waals surface area contributed by atoms with Gasteiger partial charge in [-0.15, -0.1) is 22.7 Å². The summed E-state index contributed by atoms with van der Waals surface area (Å²) in [6.07, 6.45) is 0.0574. The summed E-state index contributed by atoms with van der Waals surface area (Å²) in [5.41, 5.74) is 1.42. The van der Waals surface area contributed by atoms with Gasteiger partial charge in [-0.1, -0.05) is 11.8 Å². The number of hydrogen-bond acceptors (Lipinski definition) is 9. The van der Waals surface area contributed by atoms with Crippen LogP contribution in [-0.2, 0) is 20.7 Å². The molecule has 0 aliphatic carbocycles. The molecule has 8 nitrogen and oxygen atoms in total. The highest BCUT2D eigenvalue weighted by atomic mass is 32.2. The van der Waals surface area contributed by atoms with Crippen molar-refractivity contribution >= 4 is 61.7 Å². The average Bonchev–Trinajstić information content (AvgIpc) is 3.23. The fraction of sp³-hybridized carbons (Fsp3) is 0.421. The van der Waals surface area contributed by atoms with Crippen molar-refractivity contribution in [2.45, 2.75) is 45.3 Å². The molecule has 0 spiro atoms. The fourth-order valence-electron chi connectivity index (χ4n) is 2.80. The highest BCUT2D eigenvalue weighted by molar-refractivity contribution is 7.99. The van der Waals surface area contributed by atoms with E-state index in [4.69, 9.17) is 0 Å². The SMILES string of the molecule is COC(=O)Cc1csc(NC(=O)CSc2nc3sc(C)c(C)c3c(=O)n2C(C)C)n1. The van der Waals surface area contributed by atoms with E-state index in [1.165, 1.54) is 41.5 Å². The first-order valence-corrected chi connectivity index (χ1v) is 11.9. The molecule has 0 saturated carbocycles. The van der Waals surface area contributed by atoms with Crippen LogP contribution in [0.2, 0.25) is 0 Å². The number of thioether (sulfide) groups is 1. The summed E-state index contributed by atoms with van der Waals surface area (Å²) in [5, 5.41) is 6.00. The van der Waals surface area contributed by atoms with Crippen molar-refractivity contribution in [3.63, 3.8) is 0 Å². The van der Waals surface area contributed by atoms with Crippen LogP contribution in [0.1, 0.15) is 36.0 Å². The number of rotatable bonds is 7. The number of carbonyl (C=O) groups excluding carboxylic acids is 2. The van der Waals surface area contributed by atoms with Crippen LogP contribution in [0, 0.1) is 13.8 Å². The predicted octanol–water partition coefficient (Wildman–Crippen LogP) is 3.56. The topological polar surface area (TPSA) is 103 Å². The number of amides is 1. The normalized spacial score (nSPS) is 11.3. The van der Waals surface area contributed by atoms with E-state index in [0.717, 1.165) is 10.4 Å². The second kappa shape index (κ2) is 9.27. The summed E-state index contributed by atoms with van der Waals surface area (Å²) >= 11 is 3.95. The minimum absolute atomic E-state index is 0.0574. The minimum atomic E-state index is -0.388. The molecule has 0 aliphatic heterocycles. The van der Waals surface area contributed by atoms with Crippen LogP contribution >= 0.6 is 34.4 Å². The second-order valence-electron chi connectivity index (χ2n) is 6.86. The lowest BCUT2D eigenvalue weighted by atomic mass is 10.2. The quantitative estimate of drug-likeness (QED) is 0.323. The molecule has 0 radical (unpaired) electrons. The van der Waals surface area contributed by atoms with Gasteiger partial charge in [-0.2, -0.15) is 0 Å². The minimum Gasteiger partial charge on any atom is -0.469 e. The van der Waals surface area contributed by atoms with Crippen molar-refractivity contribution < 1.29 is 14.3 Å². The fourth-order valence-corrected chi connectivity index (χ4v) is 5.52. The number of esters is 1. The van der Waals surface area contributed by atoms with E-state index in [1.54, 1.807) is 9.95 Å². The molecule has 0 fully saturated rings. The molecule has 0 saturated heterocycles. The number of fused-ring (bicyclic) bond motifs is 1. The molecule has 30 heavy (non-hydrogen) atoms. The number of aromatic nitrogens is 3. The van der Waals surface area contributed by atoms with Gasteiger partial charge in [0.1, 0.15) is 4.83 Å². The van der Waals surface area contributed by atoms with Gasteiger partial charge in [0.15, 0.2) is 10.3 Å². The molecule has 3 aromatic rings. The predicted molar refractivity (Wildman–Crippen MR) is 121 cm³/mol. The van der Waals surface area contributed by atoms with Crippen LogP contribution in [0.5, 0.6) is 0 Å². The molecule has 0 unspecified atom stereocenters. The molecule has 3 aromatic heterocycles. The molecule has 11 heteroatoms. The number of thiophene rings is 1. The van der Waals surface area contributed by atoms with Gasteiger partial charge in [-0.25, -0.2) is 9.97 Å². The Hall–Kier alpha value is -2.24. The Bertz CT molecular complexity index is 1160. The molecule has 0 bridgehead atoms. The van der Waals surface area contributed by atoms with Crippen molar-refractivity contribution in [1.82, 2.24) is 14.5 Å². The maximum Gasteiger partial charge on any atom is 0.311 e. The summed E-state index contributed by atoms with van der Waals surface area (Å²) in [4.78, 5) is 47.4. The summed E-state index contributed by atoms with van der Waals surface area (Å²) in [5.74, 6) is -0.567. The second-order valence-corrected chi connectivity index (χ2v) is 9.86. The Morgan fingerprint density at radius 2 is 2.03 bits per heavy atom. The molecular weight excluding hydrogens is 444 g/mol. The number of thiazole rings is 1. The Labute approximate surface area is 185 Å². The van der Waals surface area contributed by atoms with Crippen molar-refractivity contribution in [3.8, 4) is 0 Å². The first-order valence-electron chi connectivity index (χ1n) is 9.17. The highest BCUT2D eigenvalue weighted by Crippen LogP contribution is 2.29. The molecule has 3 rings (SSSR count). The van der Waals surface area contributed by atoms with E-state index >= 15 is 0 Å². The van der Waals surface area contributed by atoms with E-state index < -0.39 is 0 Å². The Balaban J connectivity index is 1.75. The highest BCUT2D eigenvalue weighted by Gasteiger charge is 2.19. The van der Waals surface area contributed by atoms with Gasteiger partial charge < -0.3 is 10.1 Å². The summed E-state index contributed by atoms with van der Waals surface area (Å²) in [7, 11) is 1.32. The van der Waals surface area contributed by atoms with E-state index in [1.807, 2.05) is 27.7 Å². The number of nitrogens with one attached hydrogen (secondary N) is 1. The van der Waals surface area contributed by atoms with Gasteiger partial charge in [0.25, 0.3) is 5.56 Å². The van der Waals surface area contributed by atoms with Crippen molar-refractivity contribution in [3.05, 3.63) is 31.9 Å². The molecule has 1 N–H and O–H groups in total. The molecule has 0 aliphatic rings. The lowest BCUT2D eigenvalue weighted by Gasteiger charge is -2.15. The molecule has 3 heterocycles. The molecule has 1 amide bonds. The van der Waals surface area contributed by atoms with Crippen molar-refractivity contribution in [1.29, 1.82) is 0 Å². The molecule has 0 aromatic carbocycles. The van der Waals surface area contributed by atoms with Crippen LogP contribution in [0.25, 0.3) is 10.2 Å². The van der Waals surface area contributed by atoms with E-state index in [9.17, 15) is 14.4 Å². The van der Waals surface area contributed by atoms with Gasteiger partial charge >= 0.3 is 5.97 Å². The largest absolute Gasteiger partial charge is 0.469 e. The Morgan fingerprint density at radius 3 is 2.70 bits per heavy atom. The van der Waals surface area contributed by atoms with E-state index in [0.29, 0.717) is 26.2 Å². The van der Waals surface area contributed by atoms with Gasteiger partial charge in [0.2, 0.25) is 5.91 Å². The lowest BCUT2D eigenvalue weighted by Crippen LogP contribution is -2.25. The third kappa shape index (κ3) is 4.73. The van der Waals surface area contributed by atoms with Crippen LogP contribution in [0.15, 0.2) is 15.3 Å². The third-order valence-corrected chi connectivity index (χ3v) is 7.26. The third-order valence-electron chi connectivity index (χ3n) is 4.40. The monoisotopic (exact) mass is 466 g/mol. The van der Waals surface area contributed by atoms with Crippen LogP contribution in [0.4, 0.5) is 5.13 Å². The summed E-state index contributed by atoms with van der Waals surface area (Å²) < 4.78 is 6.25. The number of ether oxygens (including phenoxy) is 1. The van der Waals surface area contributed by atoms with Crippen molar-refractivity contribution in [2.75, 3.05) is 18.2 Å². The Morgan fingerprint density at radius 1 is 1.30 bits per heavy atom. The number of hydrogen-bond donors (Lipinski definition) is 1. The van der Waals surface area contributed by atoms with Crippen LogP contribution in [-0.4, -0.2) is 39.3 Å². The van der Waals surface area contributed by atoms with E-state index in [-0.39, 0.29) is 35.7 Å². The number of nitrogens with zero attached hydrogens (tertiary/aromatic N) is 3. The smallest absolute Gasteiger partial charge is 0.311 e. The lowest BCUT2D eigenvalue weighted by molar-refractivity contribution is -0.139. The molecule has 160 valence electrons. The number of aryl methyl sites for hydroxylation is 2. The zero-order chi connectivity index (χ0) is 22.0. The maximum atomic E-state index is 13.0. The van der Waals surface area contributed by atoms with E-state index in [2.05, 4.69) is 20.0 Å². The molecular formula is C19H22N4O4S3. The van der Waals surface area contributed by atoms with Gasteiger partial charge in [0, 0.05) is 16.3 Å². The number of methoxy groups -OCH3 is 1. The number of carbonyl (C=O) groups is 2. The van der Waals surface area contributed by atoms with Crippen LogP contribution < -0.4 is 10.9 Å². The number of anilines is 1. The van der Waals surface area contributed by atoms with Crippen LogP contribution in [0.3, 0.4) is 0 Å². The zero-order valence-corrected chi connectivity index (χ0v) is 19.7. The van der Waals surface area contributed by atoms with Gasteiger partial charge in [-0.3, -0.25) is 19.0 Å². The average molecular weight is 467 g/mol.